The first kappa shape index (κ1) is 18.7. The van der Waals surface area contributed by atoms with Gasteiger partial charge in [0.25, 0.3) is 0 Å². The van der Waals surface area contributed by atoms with Crippen LogP contribution >= 0.6 is 0 Å². The van der Waals surface area contributed by atoms with Crippen LogP contribution in [0, 0.1) is 0 Å². The van der Waals surface area contributed by atoms with Gasteiger partial charge in [-0.3, -0.25) is 4.79 Å². The minimum Gasteiger partial charge on any atom is -0.343 e. The molecule has 1 aromatic rings. The number of rotatable bonds is 3. The van der Waals surface area contributed by atoms with E-state index in [9.17, 15) is 26.4 Å². The summed E-state index contributed by atoms with van der Waals surface area (Å²) < 4.78 is 65.5. The number of halogens is 3. The van der Waals surface area contributed by atoms with Gasteiger partial charge in [-0.2, -0.15) is 17.5 Å². The normalized spacial score (nSPS) is 17.7. The lowest BCUT2D eigenvalue weighted by molar-refractivity contribution is -0.140. The van der Waals surface area contributed by atoms with Crippen molar-refractivity contribution < 1.29 is 26.4 Å². The quantitative estimate of drug-likeness (QED) is 0.827. The predicted molar refractivity (Wildman–Crippen MR) is 81.7 cm³/mol. The predicted octanol–water partition coefficient (Wildman–Crippen LogP) is 2.34. The molecule has 0 spiro atoms. The molecular formula is C15H19F3N2O3S. The Kier molecular flexibility index (Phi) is 5.24. The Labute approximate surface area is 139 Å². The first-order chi connectivity index (χ1) is 11.0. The number of carbonyl (C=O) groups is 1. The maximum absolute atomic E-state index is 13.1. The van der Waals surface area contributed by atoms with E-state index in [0.29, 0.717) is 12.8 Å². The Hall–Kier alpha value is -1.61. The lowest BCUT2D eigenvalue weighted by Crippen LogP contribution is -2.46. The SMILES string of the molecule is CC(=O)N(C)C1CCN(S(=O)(=O)c2ccccc2C(F)(F)F)CC1. The third kappa shape index (κ3) is 3.72. The number of hydrogen-bond acceptors (Lipinski definition) is 3. The molecule has 0 N–H and O–H groups in total. The van der Waals surface area contributed by atoms with Gasteiger partial charge >= 0.3 is 6.18 Å². The zero-order valence-electron chi connectivity index (χ0n) is 13.4. The van der Waals surface area contributed by atoms with Gasteiger partial charge in [0.05, 0.1) is 10.5 Å². The molecule has 0 radical (unpaired) electrons. The summed E-state index contributed by atoms with van der Waals surface area (Å²) in [6.45, 7) is 1.58. The van der Waals surface area contributed by atoms with Crippen LogP contribution in [0.15, 0.2) is 29.2 Å². The lowest BCUT2D eigenvalue weighted by atomic mass is 10.1. The number of hydrogen-bond donors (Lipinski definition) is 0. The van der Waals surface area contributed by atoms with Gasteiger partial charge < -0.3 is 4.90 Å². The highest BCUT2D eigenvalue weighted by molar-refractivity contribution is 7.89. The number of nitrogens with zero attached hydrogens (tertiary/aromatic N) is 2. The van der Waals surface area contributed by atoms with Gasteiger partial charge in [0.2, 0.25) is 15.9 Å². The van der Waals surface area contributed by atoms with Gasteiger partial charge in [-0.05, 0) is 25.0 Å². The lowest BCUT2D eigenvalue weighted by Gasteiger charge is -2.36. The molecule has 1 aromatic carbocycles. The number of alkyl halides is 3. The van der Waals surface area contributed by atoms with Crippen molar-refractivity contribution in [1.29, 1.82) is 0 Å². The summed E-state index contributed by atoms with van der Waals surface area (Å²) in [7, 11) is -2.60. The van der Waals surface area contributed by atoms with Crippen molar-refractivity contribution in [3.63, 3.8) is 0 Å². The van der Waals surface area contributed by atoms with Gasteiger partial charge in [-0.1, -0.05) is 12.1 Å². The van der Waals surface area contributed by atoms with Crippen LogP contribution in [0.2, 0.25) is 0 Å². The average Bonchev–Trinajstić information content (AvgIpc) is 2.53. The Morgan fingerprint density at radius 3 is 2.25 bits per heavy atom. The summed E-state index contributed by atoms with van der Waals surface area (Å²) in [5.41, 5.74) is -1.16. The molecule has 0 aliphatic carbocycles. The number of amides is 1. The molecule has 0 unspecified atom stereocenters. The van der Waals surface area contributed by atoms with Gasteiger partial charge in [-0.25, -0.2) is 8.42 Å². The van der Waals surface area contributed by atoms with Crippen LogP contribution in [0.5, 0.6) is 0 Å². The first-order valence-electron chi connectivity index (χ1n) is 7.45. The first-order valence-corrected chi connectivity index (χ1v) is 8.89. The van der Waals surface area contributed by atoms with Crippen LogP contribution < -0.4 is 0 Å². The fourth-order valence-electron chi connectivity index (χ4n) is 2.79. The van der Waals surface area contributed by atoms with Crippen molar-refractivity contribution in [3.8, 4) is 0 Å². The molecule has 1 heterocycles. The van der Waals surface area contributed by atoms with E-state index in [1.165, 1.54) is 17.9 Å². The van der Waals surface area contributed by atoms with Crippen molar-refractivity contribution in [1.82, 2.24) is 9.21 Å². The molecule has 2 rings (SSSR count). The second kappa shape index (κ2) is 6.72. The Balaban J connectivity index is 2.24. The summed E-state index contributed by atoms with van der Waals surface area (Å²) >= 11 is 0. The summed E-state index contributed by atoms with van der Waals surface area (Å²) in [5, 5.41) is 0. The molecule has 1 aliphatic rings. The molecule has 0 aromatic heterocycles. The highest BCUT2D eigenvalue weighted by atomic mass is 32.2. The molecule has 1 aliphatic heterocycles. The maximum atomic E-state index is 13.1. The van der Waals surface area contributed by atoms with Crippen molar-refractivity contribution >= 4 is 15.9 Å². The fraction of sp³-hybridized carbons (Fsp3) is 0.533. The van der Waals surface area contributed by atoms with Crippen LogP contribution in [0.4, 0.5) is 13.2 Å². The Morgan fingerprint density at radius 2 is 1.75 bits per heavy atom. The average molecular weight is 364 g/mol. The third-order valence-corrected chi connectivity index (χ3v) is 6.23. The molecule has 1 saturated heterocycles. The second-order valence-electron chi connectivity index (χ2n) is 5.76. The van der Waals surface area contributed by atoms with Crippen molar-refractivity contribution in [2.24, 2.45) is 0 Å². The largest absolute Gasteiger partial charge is 0.417 e. The number of piperidine rings is 1. The number of carbonyl (C=O) groups excluding carboxylic acids is 1. The van der Waals surface area contributed by atoms with E-state index in [1.807, 2.05) is 0 Å². The molecule has 0 saturated carbocycles. The molecule has 9 heteroatoms. The van der Waals surface area contributed by atoms with Crippen LogP contribution in [-0.2, 0) is 21.0 Å². The van der Waals surface area contributed by atoms with Gasteiger partial charge in [0, 0.05) is 33.1 Å². The van der Waals surface area contributed by atoms with Crippen molar-refractivity contribution in [3.05, 3.63) is 29.8 Å². The zero-order valence-corrected chi connectivity index (χ0v) is 14.2. The number of benzene rings is 1. The van der Waals surface area contributed by atoms with Crippen LogP contribution in [0.3, 0.4) is 0 Å². The van der Waals surface area contributed by atoms with E-state index in [0.717, 1.165) is 22.5 Å². The van der Waals surface area contributed by atoms with Crippen molar-refractivity contribution in [2.45, 2.75) is 36.9 Å². The second-order valence-corrected chi connectivity index (χ2v) is 7.67. The zero-order chi connectivity index (χ0) is 18.1. The smallest absolute Gasteiger partial charge is 0.343 e. The fourth-order valence-corrected chi connectivity index (χ4v) is 4.47. The van der Waals surface area contributed by atoms with E-state index in [-0.39, 0.29) is 25.0 Å². The van der Waals surface area contributed by atoms with Gasteiger partial charge in [-0.15, -0.1) is 0 Å². The molecule has 0 bridgehead atoms. The Morgan fingerprint density at radius 1 is 1.21 bits per heavy atom. The van der Waals surface area contributed by atoms with E-state index in [2.05, 4.69) is 0 Å². The molecule has 5 nitrogen and oxygen atoms in total. The minimum atomic E-state index is -4.74. The number of sulfonamides is 1. The van der Waals surface area contributed by atoms with Gasteiger partial charge in [0.1, 0.15) is 0 Å². The highest BCUT2D eigenvalue weighted by Crippen LogP contribution is 2.35. The van der Waals surface area contributed by atoms with E-state index in [4.69, 9.17) is 0 Å². The molecule has 0 atom stereocenters. The summed E-state index contributed by atoms with van der Waals surface area (Å²) in [4.78, 5) is 12.2. The molecular weight excluding hydrogens is 345 g/mol. The monoisotopic (exact) mass is 364 g/mol. The van der Waals surface area contributed by atoms with Crippen LogP contribution in [-0.4, -0.2) is 49.7 Å². The standard InChI is InChI=1S/C15H19F3N2O3S/c1-11(21)19(2)12-7-9-20(10-8-12)24(22,23)14-6-4-3-5-13(14)15(16,17)18/h3-6,12H,7-10H2,1-2H3. The molecule has 24 heavy (non-hydrogen) atoms. The van der Waals surface area contributed by atoms with E-state index in [1.54, 1.807) is 7.05 Å². The topological polar surface area (TPSA) is 57.7 Å². The van der Waals surface area contributed by atoms with E-state index >= 15 is 0 Å². The summed E-state index contributed by atoms with van der Waals surface area (Å²) in [6.07, 6.45) is -3.95. The molecule has 1 amide bonds. The Bertz CT molecular complexity index is 711. The highest BCUT2D eigenvalue weighted by Gasteiger charge is 2.39. The summed E-state index contributed by atoms with van der Waals surface area (Å²) in [6, 6.07) is 4.08. The van der Waals surface area contributed by atoms with E-state index < -0.39 is 26.7 Å². The minimum absolute atomic E-state index is 0.0802. The van der Waals surface area contributed by atoms with Crippen molar-refractivity contribution in [2.75, 3.05) is 20.1 Å². The maximum Gasteiger partial charge on any atom is 0.417 e. The summed E-state index contributed by atoms with van der Waals surface area (Å²) in [5.74, 6) is -0.126. The van der Waals surface area contributed by atoms with Gasteiger partial charge in [0.15, 0.2) is 0 Å². The van der Waals surface area contributed by atoms with Crippen LogP contribution in [0.25, 0.3) is 0 Å². The van der Waals surface area contributed by atoms with Crippen LogP contribution in [0.1, 0.15) is 25.3 Å². The third-order valence-electron chi connectivity index (χ3n) is 4.28. The molecule has 1 fully saturated rings. The molecule has 134 valence electrons.